The molecule has 26 heavy (non-hydrogen) atoms. The first kappa shape index (κ1) is 17.7. The molecule has 3 aliphatic heterocycles. The summed E-state index contributed by atoms with van der Waals surface area (Å²) in [5.41, 5.74) is 1.02. The van der Waals surface area contributed by atoms with Gasteiger partial charge in [0.1, 0.15) is 0 Å². The first-order valence-corrected chi connectivity index (χ1v) is 10.0. The third-order valence-corrected chi connectivity index (χ3v) is 6.47. The summed E-state index contributed by atoms with van der Waals surface area (Å²) in [6.45, 7) is 5.20. The number of rotatable bonds is 4. The summed E-state index contributed by atoms with van der Waals surface area (Å²) >= 11 is 0. The highest BCUT2D eigenvalue weighted by Gasteiger charge is 2.55. The molecule has 1 N–H and O–H groups in total. The van der Waals surface area contributed by atoms with Crippen LogP contribution in [0.15, 0.2) is 23.0 Å². The maximum Gasteiger partial charge on any atom is 0.250 e. The normalized spacial score (nSPS) is 31.1. The highest BCUT2D eigenvalue weighted by Crippen LogP contribution is 2.49. The zero-order valence-corrected chi connectivity index (χ0v) is 15.5. The molecular weight excluding hydrogens is 330 g/mol. The van der Waals surface area contributed by atoms with Gasteiger partial charge < -0.3 is 14.6 Å². The summed E-state index contributed by atoms with van der Waals surface area (Å²) in [6.07, 6.45) is 4.28. The van der Waals surface area contributed by atoms with E-state index in [4.69, 9.17) is 0 Å². The molecule has 0 saturated carbocycles. The predicted octanol–water partition coefficient (Wildman–Crippen LogP) is 1.23. The first-order valence-electron chi connectivity index (χ1n) is 10.0. The van der Waals surface area contributed by atoms with Crippen molar-refractivity contribution in [2.75, 3.05) is 26.2 Å². The number of carbonyl (C=O) groups excluding carboxylic acids is 1. The summed E-state index contributed by atoms with van der Waals surface area (Å²) in [4.78, 5) is 29.9. The molecule has 1 aromatic heterocycles. The topological polar surface area (TPSA) is 65.8 Å². The largest absolute Gasteiger partial charge is 0.396 e. The molecule has 0 aromatic carbocycles. The number of likely N-dealkylation sites (tertiary alicyclic amines) is 2. The van der Waals surface area contributed by atoms with Crippen molar-refractivity contribution in [1.29, 1.82) is 0 Å². The molecule has 4 heterocycles. The Balaban J connectivity index is 1.70. The smallest absolute Gasteiger partial charge is 0.250 e. The van der Waals surface area contributed by atoms with Crippen LogP contribution in [0, 0.1) is 11.8 Å². The van der Waals surface area contributed by atoms with E-state index >= 15 is 0 Å². The Hall–Kier alpha value is -1.66. The number of piperidine rings is 1. The summed E-state index contributed by atoms with van der Waals surface area (Å²) in [5.74, 6) is 0.192. The lowest BCUT2D eigenvalue weighted by Gasteiger charge is -2.36. The Morgan fingerprint density at radius 1 is 1.23 bits per heavy atom. The van der Waals surface area contributed by atoms with E-state index in [-0.39, 0.29) is 42.0 Å². The van der Waals surface area contributed by atoms with Gasteiger partial charge in [0.05, 0.1) is 12.1 Å². The molecule has 1 amide bonds. The maximum atomic E-state index is 13.4. The molecule has 0 aliphatic carbocycles. The third-order valence-electron chi connectivity index (χ3n) is 6.47. The van der Waals surface area contributed by atoms with Crippen molar-refractivity contribution in [3.8, 4) is 0 Å². The van der Waals surface area contributed by atoms with Gasteiger partial charge >= 0.3 is 0 Å². The van der Waals surface area contributed by atoms with Gasteiger partial charge in [-0.2, -0.15) is 0 Å². The molecular formula is C20H29N3O3. The van der Waals surface area contributed by atoms with E-state index in [1.807, 2.05) is 21.6 Å². The average Bonchev–Trinajstić information content (AvgIpc) is 3.18. The number of fused-ring (bicyclic) bond motifs is 3. The van der Waals surface area contributed by atoms with E-state index in [0.717, 1.165) is 44.6 Å². The second kappa shape index (κ2) is 7.16. The lowest BCUT2D eigenvalue weighted by molar-refractivity contribution is -0.139. The minimum absolute atomic E-state index is 0.00559. The Morgan fingerprint density at radius 3 is 2.69 bits per heavy atom. The van der Waals surface area contributed by atoms with Crippen LogP contribution in [-0.4, -0.2) is 57.7 Å². The molecule has 6 heteroatoms. The fourth-order valence-corrected chi connectivity index (χ4v) is 5.36. The van der Waals surface area contributed by atoms with Crippen molar-refractivity contribution in [1.82, 2.24) is 14.4 Å². The summed E-state index contributed by atoms with van der Waals surface area (Å²) < 4.78 is 1.84. The van der Waals surface area contributed by atoms with Crippen LogP contribution in [0.5, 0.6) is 0 Å². The SMILES string of the molecule is CCCN1[C@@H]2c3cccc(=O)n3C[C@@H]2[C@@H](CO)[C@@H]1C(=O)N1CCCCC1. The van der Waals surface area contributed by atoms with Crippen molar-refractivity contribution < 1.29 is 9.90 Å². The van der Waals surface area contributed by atoms with Crippen molar-refractivity contribution in [3.05, 3.63) is 34.2 Å². The van der Waals surface area contributed by atoms with Crippen molar-refractivity contribution in [2.45, 2.75) is 51.2 Å². The molecule has 4 atom stereocenters. The van der Waals surface area contributed by atoms with Crippen molar-refractivity contribution >= 4 is 5.91 Å². The van der Waals surface area contributed by atoms with E-state index in [2.05, 4.69) is 11.8 Å². The van der Waals surface area contributed by atoms with Gasteiger partial charge in [-0.3, -0.25) is 14.5 Å². The molecule has 142 valence electrons. The molecule has 4 rings (SSSR count). The molecule has 2 fully saturated rings. The van der Waals surface area contributed by atoms with Gasteiger partial charge in [-0.1, -0.05) is 13.0 Å². The highest BCUT2D eigenvalue weighted by atomic mass is 16.3. The van der Waals surface area contributed by atoms with Gasteiger partial charge in [0.2, 0.25) is 5.91 Å². The molecule has 0 spiro atoms. The quantitative estimate of drug-likeness (QED) is 0.878. The molecule has 0 unspecified atom stereocenters. The first-order chi connectivity index (χ1) is 12.7. The molecule has 3 aliphatic rings. The van der Waals surface area contributed by atoms with Gasteiger partial charge in [-0.15, -0.1) is 0 Å². The van der Waals surface area contributed by atoms with Gasteiger partial charge in [0.15, 0.2) is 0 Å². The van der Waals surface area contributed by atoms with E-state index in [1.54, 1.807) is 6.07 Å². The number of carbonyl (C=O) groups is 1. The van der Waals surface area contributed by atoms with Crippen LogP contribution in [0.2, 0.25) is 0 Å². The number of aromatic nitrogens is 1. The number of hydrogen-bond donors (Lipinski definition) is 1. The van der Waals surface area contributed by atoms with Crippen LogP contribution in [0.1, 0.15) is 44.3 Å². The number of hydrogen-bond acceptors (Lipinski definition) is 4. The number of aliphatic hydroxyl groups is 1. The maximum absolute atomic E-state index is 13.4. The lowest BCUT2D eigenvalue weighted by Crippen LogP contribution is -2.51. The predicted molar refractivity (Wildman–Crippen MR) is 98.7 cm³/mol. The van der Waals surface area contributed by atoms with Crippen LogP contribution in [-0.2, 0) is 11.3 Å². The van der Waals surface area contributed by atoms with E-state index in [0.29, 0.717) is 6.54 Å². The minimum atomic E-state index is -0.267. The average molecular weight is 359 g/mol. The van der Waals surface area contributed by atoms with Crippen molar-refractivity contribution in [2.24, 2.45) is 11.8 Å². The van der Waals surface area contributed by atoms with E-state index in [1.165, 1.54) is 6.42 Å². The second-order valence-corrected chi connectivity index (χ2v) is 7.92. The zero-order valence-electron chi connectivity index (χ0n) is 15.5. The van der Waals surface area contributed by atoms with E-state index < -0.39 is 0 Å². The van der Waals surface area contributed by atoms with Crippen LogP contribution in [0.4, 0.5) is 0 Å². The van der Waals surface area contributed by atoms with Crippen LogP contribution in [0.3, 0.4) is 0 Å². The summed E-state index contributed by atoms with van der Waals surface area (Å²) in [5, 5.41) is 10.2. The van der Waals surface area contributed by atoms with Crippen LogP contribution < -0.4 is 5.56 Å². The number of aliphatic hydroxyl groups excluding tert-OH is 1. The fourth-order valence-electron chi connectivity index (χ4n) is 5.36. The Morgan fingerprint density at radius 2 is 2.00 bits per heavy atom. The van der Waals surface area contributed by atoms with Gasteiger partial charge in [0, 0.05) is 49.8 Å². The minimum Gasteiger partial charge on any atom is -0.396 e. The lowest BCUT2D eigenvalue weighted by atomic mass is 9.88. The van der Waals surface area contributed by atoms with Gasteiger partial charge in [0.25, 0.3) is 5.56 Å². The summed E-state index contributed by atoms with van der Waals surface area (Å²) in [7, 11) is 0. The number of nitrogens with zero attached hydrogens (tertiary/aromatic N) is 3. The Bertz CT molecular complexity index is 725. The van der Waals surface area contributed by atoms with Crippen LogP contribution in [0.25, 0.3) is 0 Å². The third kappa shape index (κ3) is 2.70. The summed E-state index contributed by atoms with van der Waals surface area (Å²) in [6, 6.07) is 5.21. The van der Waals surface area contributed by atoms with Crippen LogP contribution >= 0.6 is 0 Å². The Labute approximate surface area is 154 Å². The van der Waals surface area contributed by atoms with Crippen molar-refractivity contribution in [3.63, 3.8) is 0 Å². The number of amides is 1. The molecule has 1 aromatic rings. The molecule has 2 saturated heterocycles. The standard InChI is InChI=1S/C20H29N3O3/c1-2-9-22-18-14(12-23-16(18)7-6-8-17(23)25)15(13-24)19(22)20(26)21-10-4-3-5-11-21/h6-8,14-15,18-19,24H,2-5,9-13H2,1H3/t14-,15-,18+,19-/m1/s1. The Kier molecular flexibility index (Phi) is 4.88. The number of pyridine rings is 1. The second-order valence-electron chi connectivity index (χ2n) is 7.92. The van der Waals surface area contributed by atoms with Gasteiger partial charge in [-0.05, 0) is 38.3 Å². The van der Waals surface area contributed by atoms with E-state index in [9.17, 15) is 14.7 Å². The highest BCUT2D eigenvalue weighted by molar-refractivity contribution is 5.83. The van der Waals surface area contributed by atoms with Gasteiger partial charge in [-0.25, -0.2) is 0 Å². The molecule has 0 radical (unpaired) electrons. The molecule has 6 nitrogen and oxygen atoms in total. The monoisotopic (exact) mass is 359 g/mol. The fraction of sp³-hybridized carbons (Fsp3) is 0.700. The molecule has 0 bridgehead atoms. The zero-order chi connectivity index (χ0) is 18.3.